The van der Waals surface area contributed by atoms with Gasteiger partial charge in [0.25, 0.3) is 0 Å². The number of carbonyl (C=O) groups excluding carboxylic acids is 2. The van der Waals surface area contributed by atoms with Crippen molar-refractivity contribution in [2.45, 2.75) is 43.3 Å². The first-order valence-electron chi connectivity index (χ1n) is 9.95. The maximum Gasteiger partial charge on any atom is 0.312 e. The number of ether oxygens (including phenoxy) is 1. The summed E-state index contributed by atoms with van der Waals surface area (Å²) < 4.78 is 6.06. The smallest absolute Gasteiger partial charge is 0.312 e. The zero-order chi connectivity index (χ0) is 18.6. The van der Waals surface area contributed by atoms with Gasteiger partial charge in [-0.05, 0) is 50.0 Å². The van der Waals surface area contributed by atoms with Crippen LogP contribution in [0.5, 0.6) is 0 Å². The van der Waals surface area contributed by atoms with Gasteiger partial charge in [0.1, 0.15) is 5.60 Å². The first-order chi connectivity index (χ1) is 13.0. The molecule has 27 heavy (non-hydrogen) atoms. The topological polar surface area (TPSA) is 98.8 Å². The number of piperidine rings is 2. The molecule has 146 valence electrons. The van der Waals surface area contributed by atoms with Crippen LogP contribution < -0.4 is 0 Å². The number of likely N-dealkylation sites (tertiary alicyclic amines) is 2. The molecule has 4 fully saturated rings. The molecule has 0 radical (unpaired) electrons. The van der Waals surface area contributed by atoms with E-state index in [1.807, 2.05) is 0 Å². The van der Waals surface area contributed by atoms with Crippen LogP contribution in [0.4, 0.5) is 0 Å². The number of nitrogens with one attached hydrogen (secondary N) is 1. The maximum absolute atomic E-state index is 12.8. The minimum Gasteiger partial charge on any atom is -0.383 e. The zero-order valence-electron chi connectivity index (χ0n) is 15.4. The molecule has 4 aliphatic rings. The van der Waals surface area contributed by atoms with Gasteiger partial charge in [0.15, 0.2) is 0 Å². The predicted molar refractivity (Wildman–Crippen MR) is 94.4 cm³/mol. The third kappa shape index (κ3) is 2.77. The maximum atomic E-state index is 12.8. The van der Waals surface area contributed by atoms with Gasteiger partial charge in [-0.25, -0.2) is 0 Å². The van der Waals surface area contributed by atoms with E-state index in [1.54, 1.807) is 22.1 Å². The van der Waals surface area contributed by atoms with Crippen LogP contribution in [0.1, 0.15) is 37.8 Å². The molecule has 1 aromatic rings. The molecule has 3 atom stereocenters. The van der Waals surface area contributed by atoms with Gasteiger partial charge in [-0.3, -0.25) is 14.7 Å². The summed E-state index contributed by atoms with van der Waals surface area (Å²) in [6, 6.07) is 1.75. The second-order valence-electron chi connectivity index (χ2n) is 8.60. The Morgan fingerprint density at radius 1 is 1.19 bits per heavy atom. The summed E-state index contributed by atoms with van der Waals surface area (Å²) in [4.78, 5) is 28.9. The van der Waals surface area contributed by atoms with Crippen LogP contribution in [0.2, 0.25) is 0 Å². The number of aliphatic hydroxyl groups is 1. The lowest BCUT2D eigenvalue weighted by Gasteiger charge is -2.42. The number of amides is 2. The fourth-order valence-electron chi connectivity index (χ4n) is 5.23. The highest BCUT2D eigenvalue weighted by atomic mass is 16.5. The van der Waals surface area contributed by atoms with Crippen LogP contribution in [0.3, 0.4) is 0 Å². The standard InChI is InChI=1S/C19H26N4O4/c24-16(22-8-4-18(26,5-9-22)15-2-6-20-21-15)17(25)23-7-1-3-19(12-23)14-10-13(14)11-27-19/h2,6,13-14,26H,1,3-5,7-12H2,(H,20,21)/t13-,14-,19?/m0/s1. The molecule has 1 saturated carbocycles. The molecule has 2 amide bonds. The molecule has 4 heterocycles. The average Bonchev–Trinajstić information content (AvgIpc) is 3.12. The normalized spacial score (nSPS) is 34.6. The Morgan fingerprint density at radius 2 is 1.96 bits per heavy atom. The Morgan fingerprint density at radius 3 is 2.59 bits per heavy atom. The van der Waals surface area contributed by atoms with E-state index >= 15 is 0 Å². The molecule has 3 aliphatic heterocycles. The van der Waals surface area contributed by atoms with Crippen LogP contribution in [0, 0.1) is 11.8 Å². The molecule has 1 aliphatic carbocycles. The van der Waals surface area contributed by atoms with Crippen LogP contribution >= 0.6 is 0 Å². The van der Waals surface area contributed by atoms with Crippen molar-refractivity contribution in [1.82, 2.24) is 20.0 Å². The van der Waals surface area contributed by atoms with Gasteiger partial charge in [0.05, 0.1) is 24.4 Å². The first-order valence-corrected chi connectivity index (χ1v) is 9.95. The highest BCUT2D eigenvalue weighted by Gasteiger charge is 2.60. The Kier molecular flexibility index (Phi) is 3.84. The lowest BCUT2D eigenvalue weighted by Crippen LogP contribution is -2.56. The summed E-state index contributed by atoms with van der Waals surface area (Å²) in [6.45, 7) is 2.70. The number of hydrogen-bond acceptors (Lipinski definition) is 5. The average molecular weight is 374 g/mol. The van der Waals surface area contributed by atoms with Gasteiger partial charge in [0.2, 0.25) is 0 Å². The number of rotatable bonds is 1. The van der Waals surface area contributed by atoms with Crippen molar-refractivity contribution < 1.29 is 19.4 Å². The molecule has 1 aromatic heterocycles. The molecule has 5 rings (SSSR count). The number of aromatic nitrogens is 2. The van der Waals surface area contributed by atoms with E-state index in [4.69, 9.17) is 4.74 Å². The Balaban J connectivity index is 1.22. The Hall–Kier alpha value is -1.93. The molecule has 1 unspecified atom stereocenters. The first kappa shape index (κ1) is 17.2. The van der Waals surface area contributed by atoms with E-state index in [-0.39, 0.29) is 5.60 Å². The van der Waals surface area contributed by atoms with Crippen LogP contribution in [0.25, 0.3) is 0 Å². The second-order valence-corrected chi connectivity index (χ2v) is 8.60. The van der Waals surface area contributed by atoms with E-state index in [9.17, 15) is 14.7 Å². The van der Waals surface area contributed by atoms with Gasteiger partial charge in [-0.1, -0.05) is 0 Å². The van der Waals surface area contributed by atoms with Gasteiger partial charge < -0.3 is 19.6 Å². The fraction of sp³-hybridized carbons (Fsp3) is 0.737. The number of carbonyl (C=O) groups is 2. The zero-order valence-corrected chi connectivity index (χ0v) is 15.4. The van der Waals surface area contributed by atoms with E-state index in [0.29, 0.717) is 56.6 Å². The van der Waals surface area contributed by atoms with Crippen molar-refractivity contribution >= 4 is 11.8 Å². The Labute approximate surface area is 157 Å². The Bertz CT molecular complexity index is 743. The lowest BCUT2D eigenvalue weighted by atomic mass is 9.87. The van der Waals surface area contributed by atoms with Crippen molar-refractivity contribution in [2.75, 3.05) is 32.8 Å². The third-order valence-electron chi connectivity index (χ3n) is 7.02. The van der Waals surface area contributed by atoms with Crippen molar-refractivity contribution in [2.24, 2.45) is 11.8 Å². The fourth-order valence-corrected chi connectivity index (χ4v) is 5.23. The van der Waals surface area contributed by atoms with E-state index < -0.39 is 17.4 Å². The number of hydrogen-bond donors (Lipinski definition) is 2. The lowest BCUT2D eigenvalue weighted by molar-refractivity contribution is -0.159. The number of nitrogens with zero attached hydrogens (tertiary/aromatic N) is 3. The van der Waals surface area contributed by atoms with Gasteiger partial charge in [-0.15, -0.1) is 0 Å². The van der Waals surface area contributed by atoms with Crippen LogP contribution in [0.15, 0.2) is 12.3 Å². The summed E-state index contributed by atoms with van der Waals surface area (Å²) >= 11 is 0. The number of H-pyrrole nitrogens is 1. The molecular formula is C19H26N4O4. The molecule has 2 N–H and O–H groups in total. The van der Waals surface area contributed by atoms with Crippen molar-refractivity contribution in [3.05, 3.63) is 18.0 Å². The molecule has 8 heteroatoms. The predicted octanol–water partition coefficient (Wildman–Crippen LogP) is 0.247. The van der Waals surface area contributed by atoms with Gasteiger partial charge >= 0.3 is 11.8 Å². The van der Waals surface area contributed by atoms with Crippen molar-refractivity contribution in [3.8, 4) is 0 Å². The summed E-state index contributed by atoms with van der Waals surface area (Å²) in [5.74, 6) is 0.360. The monoisotopic (exact) mass is 374 g/mol. The third-order valence-corrected chi connectivity index (χ3v) is 7.02. The van der Waals surface area contributed by atoms with Gasteiger partial charge in [0, 0.05) is 25.8 Å². The summed E-state index contributed by atoms with van der Waals surface area (Å²) in [6.07, 6.45) is 5.48. The summed E-state index contributed by atoms with van der Waals surface area (Å²) in [5.41, 5.74) is -0.553. The van der Waals surface area contributed by atoms with Crippen LogP contribution in [-0.2, 0) is 19.9 Å². The highest BCUT2D eigenvalue weighted by molar-refractivity contribution is 6.35. The second kappa shape index (κ2) is 6.04. The molecule has 3 saturated heterocycles. The molecule has 1 spiro atoms. The highest BCUT2D eigenvalue weighted by Crippen LogP contribution is 2.57. The quantitative estimate of drug-likeness (QED) is 0.687. The van der Waals surface area contributed by atoms with Gasteiger partial charge in [-0.2, -0.15) is 5.10 Å². The summed E-state index contributed by atoms with van der Waals surface area (Å²) in [5, 5.41) is 17.5. The molecule has 8 nitrogen and oxygen atoms in total. The molecule has 0 aromatic carbocycles. The molecule has 0 bridgehead atoms. The van der Waals surface area contributed by atoms with E-state index in [2.05, 4.69) is 10.2 Å². The SMILES string of the molecule is O=C(C(=O)N1CCCC2(C1)OC[C@@H]1C[C@@H]12)N1CCC(O)(c2ccn[nH]2)CC1. The molecular weight excluding hydrogens is 348 g/mol. The largest absolute Gasteiger partial charge is 0.383 e. The minimum absolute atomic E-state index is 0.207. The summed E-state index contributed by atoms with van der Waals surface area (Å²) in [7, 11) is 0. The van der Waals surface area contributed by atoms with Crippen LogP contribution in [-0.4, -0.2) is 75.3 Å². The number of aromatic amines is 1. The number of fused-ring (bicyclic) bond motifs is 2. The van der Waals surface area contributed by atoms with Crippen molar-refractivity contribution in [1.29, 1.82) is 0 Å². The van der Waals surface area contributed by atoms with E-state index in [1.165, 1.54) is 6.42 Å². The van der Waals surface area contributed by atoms with E-state index in [0.717, 1.165) is 19.4 Å². The van der Waals surface area contributed by atoms with Crippen molar-refractivity contribution in [3.63, 3.8) is 0 Å². The minimum atomic E-state index is -1.01.